The first-order chi connectivity index (χ1) is 12.9. The summed E-state index contributed by atoms with van der Waals surface area (Å²) in [5, 5.41) is 2.87. The lowest BCUT2D eigenvalue weighted by molar-refractivity contribution is -0.133. The van der Waals surface area contributed by atoms with E-state index in [2.05, 4.69) is 36.5 Å². The lowest BCUT2D eigenvalue weighted by Gasteiger charge is -2.20. The van der Waals surface area contributed by atoms with Gasteiger partial charge in [-0.15, -0.1) is 0 Å². The zero-order valence-electron chi connectivity index (χ0n) is 16.3. The summed E-state index contributed by atoms with van der Waals surface area (Å²) in [6.07, 6.45) is 5.23. The molecule has 3 rings (SSSR count). The molecule has 27 heavy (non-hydrogen) atoms. The first-order valence-corrected chi connectivity index (χ1v) is 9.91. The van der Waals surface area contributed by atoms with E-state index in [1.165, 1.54) is 10.5 Å². The molecule has 0 radical (unpaired) electrons. The highest BCUT2D eigenvalue weighted by atomic mass is 16.2. The van der Waals surface area contributed by atoms with Gasteiger partial charge in [0, 0.05) is 26.6 Å². The highest BCUT2D eigenvalue weighted by Gasteiger charge is 2.52. The van der Waals surface area contributed by atoms with Gasteiger partial charge in [0.2, 0.25) is 5.91 Å². The second kappa shape index (κ2) is 8.11. The van der Waals surface area contributed by atoms with Gasteiger partial charge in [-0.05, 0) is 36.8 Å². The molecule has 4 amide bonds. The zero-order chi connectivity index (χ0) is 19.4. The van der Waals surface area contributed by atoms with Gasteiger partial charge in [-0.2, -0.15) is 0 Å². The molecule has 0 unspecified atom stereocenters. The third kappa shape index (κ3) is 4.15. The van der Waals surface area contributed by atoms with E-state index < -0.39 is 5.54 Å². The van der Waals surface area contributed by atoms with Crippen molar-refractivity contribution in [2.45, 2.75) is 64.0 Å². The summed E-state index contributed by atoms with van der Waals surface area (Å²) < 4.78 is 0. The first kappa shape index (κ1) is 19.4. The lowest BCUT2D eigenvalue weighted by atomic mass is 9.98. The van der Waals surface area contributed by atoms with Crippen LogP contribution in [0.4, 0.5) is 4.79 Å². The summed E-state index contributed by atoms with van der Waals surface area (Å²) in [4.78, 5) is 40.1. The van der Waals surface area contributed by atoms with E-state index in [-0.39, 0.29) is 17.8 Å². The van der Waals surface area contributed by atoms with Gasteiger partial charge >= 0.3 is 6.03 Å². The van der Waals surface area contributed by atoms with Gasteiger partial charge in [-0.25, -0.2) is 4.79 Å². The van der Waals surface area contributed by atoms with Crippen molar-refractivity contribution in [3.63, 3.8) is 0 Å². The third-order valence-corrected chi connectivity index (χ3v) is 5.75. The topological polar surface area (TPSA) is 69.7 Å². The van der Waals surface area contributed by atoms with E-state index in [0.717, 1.165) is 37.7 Å². The molecular weight excluding hydrogens is 342 g/mol. The normalized spacial score (nSPS) is 18.2. The van der Waals surface area contributed by atoms with Crippen LogP contribution in [0.2, 0.25) is 0 Å². The predicted octanol–water partition coefficient (Wildman–Crippen LogP) is 2.85. The molecule has 1 saturated heterocycles. The van der Waals surface area contributed by atoms with E-state index >= 15 is 0 Å². The van der Waals surface area contributed by atoms with Gasteiger partial charge in [0.05, 0.1) is 0 Å². The Labute approximate surface area is 160 Å². The molecule has 1 saturated carbocycles. The summed E-state index contributed by atoms with van der Waals surface area (Å²) in [5.74, 6) is -0.0842. The number of aryl methyl sites for hydroxylation is 1. The lowest BCUT2D eigenvalue weighted by Crippen LogP contribution is -2.44. The SMILES string of the molecule is CCc1ccc(CN(C)C(=O)CCCN2C(=O)NC3(CCCC3)C2=O)cc1. The highest BCUT2D eigenvalue weighted by molar-refractivity contribution is 6.07. The van der Waals surface area contributed by atoms with Crippen LogP contribution in [0.5, 0.6) is 0 Å². The maximum Gasteiger partial charge on any atom is 0.325 e. The Bertz CT molecular complexity index is 708. The molecular formula is C21H29N3O3. The molecule has 1 aromatic carbocycles. The minimum absolute atomic E-state index is 0.0252. The van der Waals surface area contributed by atoms with Gasteiger partial charge in [0.15, 0.2) is 0 Å². The molecule has 1 aliphatic carbocycles. The number of hydrogen-bond acceptors (Lipinski definition) is 3. The second-order valence-electron chi connectivity index (χ2n) is 7.70. The number of benzene rings is 1. The summed E-state index contributed by atoms with van der Waals surface area (Å²) in [6.45, 7) is 2.98. The summed E-state index contributed by atoms with van der Waals surface area (Å²) in [5.41, 5.74) is 1.71. The van der Waals surface area contributed by atoms with Crippen LogP contribution in [0.15, 0.2) is 24.3 Å². The molecule has 2 fully saturated rings. The van der Waals surface area contributed by atoms with Crippen molar-refractivity contribution >= 4 is 17.8 Å². The van der Waals surface area contributed by atoms with Gasteiger partial charge in [0.1, 0.15) is 5.54 Å². The molecule has 0 atom stereocenters. The molecule has 0 aromatic heterocycles. The van der Waals surface area contributed by atoms with Crippen LogP contribution in [-0.2, 0) is 22.6 Å². The zero-order valence-corrected chi connectivity index (χ0v) is 16.3. The maximum atomic E-state index is 12.6. The number of carbonyl (C=O) groups excluding carboxylic acids is 3. The maximum absolute atomic E-state index is 12.6. The van der Waals surface area contributed by atoms with Crippen LogP contribution in [0.3, 0.4) is 0 Å². The quantitative estimate of drug-likeness (QED) is 0.749. The van der Waals surface area contributed by atoms with E-state index in [9.17, 15) is 14.4 Å². The Balaban J connectivity index is 1.46. The number of urea groups is 1. The Morgan fingerprint density at radius 3 is 2.41 bits per heavy atom. The minimum atomic E-state index is -0.664. The Kier molecular flexibility index (Phi) is 5.82. The monoisotopic (exact) mass is 371 g/mol. The number of nitrogens with zero attached hydrogens (tertiary/aromatic N) is 2. The van der Waals surface area contributed by atoms with Gasteiger partial charge < -0.3 is 10.2 Å². The Morgan fingerprint density at radius 1 is 1.15 bits per heavy atom. The molecule has 1 N–H and O–H groups in total. The van der Waals surface area contributed by atoms with Crippen LogP contribution in [0.25, 0.3) is 0 Å². The molecule has 1 aliphatic heterocycles. The van der Waals surface area contributed by atoms with E-state index in [1.807, 2.05) is 0 Å². The molecule has 1 aromatic rings. The third-order valence-electron chi connectivity index (χ3n) is 5.75. The summed E-state index contributed by atoms with van der Waals surface area (Å²) >= 11 is 0. The van der Waals surface area contributed by atoms with Crippen LogP contribution >= 0.6 is 0 Å². The largest absolute Gasteiger partial charge is 0.341 e. The van der Waals surface area contributed by atoms with Crippen molar-refractivity contribution < 1.29 is 14.4 Å². The first-order valence-electron chi connectivity index (χ1n) is 9.91. The summed E-state index contributed by atoms with van der Waals surface area (Å²) in [6, 6.07) is 7.97. The van der Waals surface area contributed by atoms with E-state index in [1.54, 1.807) is 11.9 Å². The number of hydrogen-bond donors (Lipinski definition) is 1. The van der Waals surface area contributed by atoms with Gasteiger partial charge in [-0.3, -0.25) is 14.5 Å². The fraction of sp³-hybridized carbons (Fsp3) is 0.571. The van der Waals surface area contributed by atoms with Gasteiger partial charge in [-0.1, -0.05) is 44.0 Å². The average molecular weight is 371 g/mol. The van der Waals surface area contributed by atoms with Crippen molar-refractivity contribution in [2.75, 3.05) is 13.6 Å². The van der Waals surface area contributed by atoms with Crippen LogP contribution in [-0.4, -0.2) is 46.8 Å². The Morgan fingerprint density at radius 2 is 1.78 bits per heavy atom. The molecule has 6 heteroatoms. The van der Waals surface area contributed by atoms with Crippen molar-refractivity contribution in [1.82, 2.24) is 15.1 Å². The van der Waals surface area contributed by atoms with E-state index in [0.29, 0.717) is 25.9 Å². The smallest absolute Gasteiger partial charge is 0.325 e. The minimum Gasteiger partial charge on any atom is -0.341 e. The molecule has 146 valence electrons. The molecule has 1 heterocycles. The fourth-order valence-electron chi connectivity index (χ4n) is 4.02. The average Bonchev–Trinajstić information content (AvgIpc) is 3.22. The van der Waals surface area contributed by atoms with Crippen molar-refractivity contribution in [3.8, 4) is 0 Å². The predicted molar refractivity (Wildman–Crippen MR) is 103 cm³/mol. The van der Waals surface area contributed by atoms with Gasteiger partial charge in [0.25, 0.3) is 5.91 Å². The number of amides is 4. The Hall–Kier alpha value is -2.37. The number of rotatable bonds is 7. The van der Waals surface area contributed by atoms with Crippen molar-refractivity contribution in [3.05, 3.63) is 35.4 Å². The summed E-state index contributed by atoms with van der Waals surface area (Å²) in [7, 11) is 1.79. The number of imide groups is 1. The highest BCUT2D eigenvalue weighted by Crippen LogP contribution is 2.35. The number of nitrogens with one attached hydrogen (secondary N) is 1. The van der Waals surface area contributed by atoms with Crippen molar-refractivity contribution in [1.29, 1.82) is 0 Å². The standard InChI is InChI=1S/C21H29N3O3/c1-3-16-8-10-17(11-9-16)15-23(2)18(25)7-6-14-24-19(26)21(22-20(24)27)12-4-5-13-21/h8-11H,3-7,12-15H2,1-2H3,(H,22,27). The fourth-order valence-corrected chi connectivity index (χ4v) is 4.02. The van der Waals surface area contributed by atoms with E-state index in [4.69, 9.17) is 0 Å². The second-order valence-corrected chi connectivity index (χ2v) is 7.70. The molecule has 6 nitrogen and oxygen atoms in total. The number of carbonyl (C=O) groups is 3. The van der Waals surface area contributed by atoms with Crippen LogP contribution in [0.1, 0.15) is 56.6 Å². The molecule has 0 bridgehead atoms. The van der Waals surface area contributed by atoms with Crippen LogP contribution < -0.4 is 5.32 Å². The van der Waals surface area contributed by atoms with Crippen LogP contribution in [0, 0.1) is 0 Å². The molecule has 2 aliphatic rings. The molecule has 1 spiro atoms. The van der Waals surface area contributed by atoms with Crippen molar-refractivity contribution in [2.24, 2.45) is 0 Å².